The van der Waals surface area contributed by atoms with Gasteiger partial charge in [0, 0.05) is 25.0 Å². The number of hydrogen-bond donors (Lipinski definition) is 2. The Morgan fingerprint density at radius 1 is 1.21 bits per heavy atom. The lowest BCUT2D eigenvalue weighted by Gasteiger charge is -2.23. The first kappa shape index (κ1) is 24.1. The summed E-state index contributed by atoms with van der Waals surface area (Å²) in [5.74, 6) is 2.61. The molecule has 0 radical (unpaired) electrons. The largest absolute Gasteiger partial charge is 0.454 e. The first-order chi connectivity index (χ1) is 13.6. The van der Waals surface area contributed by atoms with Crippen LogP contribution in [0.5, 0.6) is 11.5 Å². The van der Waals surface area contributed by atoms with E-state index in [0.717, 1.165) is 50.1 Å². The summed E-state index contributed by atoms with van der Waals surface area (Å²) in [5.41, 5.74) is 1.51. The van der Waals surface area contributed by atoms with Crippen LogP contribution in [0.25, 0.3) is 0 Å². The number of nitrogens with one attached hydrogen (secondary N) is 2. The van der Waals surface area contributed by atoms with Gasteiger partial charge in [0.2, 0.25) is 6.79 Å². The molecule has 0 saturated heterocycles. The molecule has 0 bridgehead atoms. The number of fused-ring (bicyclic) bond motifs is 1. The van der Waals surface area contributed by atoms with Gasteiger partial charge >= 0.3 is 0 Å². The average molecular weight is 516 g/mol. The van der Waals surface area contributed by atoms with Crippen molar-refractivity contribution in [1.29, 1.82) is 0 Å². The average Bonchev–Trinajstić information content (AvgIpc) is 3.36. The molecule has 1 unspecified atom stereocenters. The molecule has 0 aromatic heterocycles. The van der Waals surface area contributed by atoms with Gasteiger partial charge in [-0.25, -0.2) is 0 Å². The normalized spacial score (nSPS) is 17.6. The minimum absolute atomic E-state index is 0. The van der Waals surface area contributed by atoms with Crippen molar-refractivity contribution in [3.63, 3.8) is 0 Å². The monoisotopic (exact) mass is 516 g/mol. The molecular formula is C22H37IN4O2. The maximum atomic E-state index is 5.55. The Hall–Kier alpha value is -1.22. The zero-order valence-electron chi connectivity index (χ0n) is 18.3. The summed E-state index contributed by atoms with van der Waals surface area (Å²) in [5, 5.41) is 7.09. The van der Waals surface area contributed by atoms with E-state index in [1.54, 1.807) is 0 Å². The van der Waals surface area contributed by atoms with E-state index in [1.807, 2.05) is 13.1 Å². The van der Waals surface area contributed by atoms with E-state index in [4.69, 9.17) is 9.47 Å². The van der Waals surface area contributed by atoms with Gasteiger partial charge in [0.05, 0.1) is 0 Å². The maximum absolute atomic E-state index is 5.55. The number of benzene rings is 1. The summed E-state index contributed by atoms with van der Waals surface area (Å²) in [4.78, 5) is 6.90. The van der Waals surface area contributed by atoms with Gasteiger partial charge in [-0.1, -0.05) is 19.9 Å². The van der Waals surface area contributed by atoms with Gasteiger partial charge < -0.3 is 25.0 Å². The third kappa shape index (κ3) is 6.38. The van der Waals surface area contributed by atoms with E-state index < -0.39 is 0 Å². The number of ether oxygens (including phenoxy) is 2. The van der Waals surface area contributed by atoms with E-state index in [2.05, 4.69) is 53.4 Å². The molecule has 3 rings (SSSR count). The fourth-order valence-electron chi connectivity index (χ4n) is 3.86. The van der Waals surface area contributed by atoms with E-state index in [1.165, 1.54) is 24.8 Å². The molecule has 2 N–H and O–H groups in total. The summed E-state index contributed by atoms with van der Waals surface area (Å²) in [7, 11) is 1.85. The van der Waals surface area contributed by atoms with Crippen molar-refractivity contribution < 1.29 is 9.47 Å². The number of hydrogen-bond acceptors (Lipinski definition) is 4. The Balaban J connectivity index is 0.00000300. The number of aliphatic imine (C=N–C) groups is 1. The Morgan fingerprint density at radius 2 is 1.93 bits per heavy atom. The van der Waals surface area contributed by atoms with Gasteiger partial charge in [-0.2, -0.15) is 0 Å². The molecule has 164 valence electrons. The standard InChI is InChI=1S/C22H36N4O2.HI/c1-5-26(6-2)13-7-8-17(3)25-21(23-4)24-15-22(11-12-22)18-9-10-19-20(14-18)28-16-27-19;/h9-10,14,17H,5-8,11-13,15-16H2,1-4H3,(H2,23,24,25);1H. The van der Waals surface area contributed by atoms with Crippen LogP contribution in [-0.2, 0) is 5.41 Å². The SMILES string of the molecule is CCN(CC)CCCC(C)NC(=NC)NCC1(c2ccc3c(c2)OCO3)CC1.I. The lowest BCUT2D eigenvalue weighted by atomic mass is 9.95. The number of nitrogens with zero attached hydrogens (tertiary/aromatic N) is 2. The van der Waals surface area contributed by atoms with E-state index in [9.17, 15) is 0 Å². The van der Waals surface area contributed by atoms with Crippen molar-refractivity contribution in [3.05, 3.63) is 23.8 Å². The molecule has 0 amide bonds. The molecule has 7 heteroatoms. The number of halogens is 1. The molecule has 1 atom stereocenters. The second kappa shape index (κ2) is 11.2. The van der Waals surface area contributed by atoms with Crippen LogP contribution in [0, 0.1) is 0 Å². The smallest absolute Gasteiger partial charge is 0.231 e. The van der Waals surface area contributed by atoms with Gasteiger partial charge in [-0.05, 0) is 69.9 Å². The second-order valence-corrected chi connectivity index (χ2v) is 7.99. The summed E-state index contributed by atoms with van der Waals surface area (Å²) < 4.78 is 11.0. The first-order valence-corrected chi connectivity index (χ1v) is 10.7. The quantitative estimate of drug-likeness (QED) is 0.282. The summed E-state index contributed by atoms with van der Waals surface area (Å²) >= 11 is 0. The van der Waals surface area contributed by atoms with Crippen molar-refractivity contribution in [2.24, 2.45) is 4.99 Å². The minimum atomic E-state index is 0. The van der Waals surface area contributed by atoms with E-state index in [-0.39, 0.29) is 29.4 Å². The number of rotatable bonds is 10. The molecule has 1 fully saturated rings. The summed E-state index contributed by atoms with van der Waals surface area (Å²) in [6.45, 7) is 11.3. The lowest BCUT2D eigenvalue weighted by molar-refractivity contribution is 0.174. The molecule has 1 aliphatic carbocycles. The van der Waals surface area contributed by atoms with Crippen molar-refractivity contribution in [1.82, 2.24) is 15.5 Å². The van der Waals surface area contributed by atoms with Gasteiger partial charge in [-0.3, -0.25) is 4.99 Å². The van der Waals surface area contributed by atoms with Gasteiger partial charge in [0.1, 0.15) is 0 Å². The molecular weight excluding hydrogens is 479 g/mol. The van der Waals surface area contributed by atoms with Crippen LogP contribution < -0.4 is 20.1 Å². The fraction of sp³-hybridized carbons (Fsp3) is 0.682. The molecule has 0 spiro atoms. The zero-order valence-corrected chi connectivity index (χ0v) is 20.6. The van der Waals surface area contributed by atoms with Crippen molar-refractivity contribution >= 4 is 29.9 Å². The Labute approximate surface area is 192 Å². The van der Waals surface area contributed by atoms with Crippen LogP contribution >= 0.6 is 24.0 Å². The van der Waals surface area contributed by atoms with E-state index in [0.29, 0.717) is 12.8 Å². The molecule has 1 aromatic rings. The van der Waals surface area contributed by atoms with Crippen LogP contribution in [0.2, 0.25) is 0 Å². The molecule has 29 heavy (non-hydrogen) atoms. The van der Waals surface area contributed by atoms with Gasteiger partial charge in [-0.15, -0.1) is 24.0 Å². The predicted molar refractivity (Wildman–Crippen MR) is 130 cm³/mol. The van der Waals surface area contributed by atoms with Crippen LogP contribution in [0.1, 0.15) is 52.0 Å². The minimum Gasteiger partial charge on any atom is -0.454 e. The van der Waals surface area contributed by atoms with Crippen molar-refractivity contribution in [3.8, 4) is 11.5 Å². The van der Waals surface area contributed by atoms with Crippen LogP contribution in [-0.4, -0.2) is 56.9 Å². The highest BCUT2D eigenvalue weighted by Gasteiger charge is 2.44. The zero-order chi connectivity index (χ0) is 20.0. The van der Waals surface area contributed by atoms with E-state index >= 15 is 0 Å². The van der Waals surface area contributed by atoms with Crippen LogP contribution in [0.3, 0.4) is 0 Å². The summed E-state index contributed by atoms with van der Waals surface area (Å²) in [6, 6.07) is 6.75. The third-order valence-electron chi connectivity index (χ3n) is 6.05. The molecule has 1 saturated carbocycles. The highest BCUT2D eigenvalue weighted by molar-refractivity contribution is 14.0. The number of guanidine groups is 1. The topological polar surface area (TPSA) is 58.1 Å². The van der Waals surface area contributed by atoms with Crippen molar-refractivity contribution in [2.75, 3.05) is 40.0 Å². The Bertz CT molecular complexity index is 675. The van der Waals surface area contributed by atoms with Gasteiger partial charge in [0.25, 0.3) is 0 Å². The van der Waals surface area contributed by atoms with Crippen molar-refractivity contribution in [2.45, 2.75) is 57.9 Å². The Kier molecular flexibility index (Phi) is 9.33. The Morgan fingerprint density at radius 3 is 2.59 bits per heavy atom. The highest BCUT2D eigenvalue weighted by Crippen LogP contribution is 2.49. The predicted octanol–water partition coefficient (Wildman–Crippen LogP) is 3.74. The molecule has 2 aliphatic rings. The van der Waals surface area contributed by atoms with Crippen LogP contribution in [0.15, 0.2) is 23.2 Å². The molecule has 1 aliphatic heterocycles. The molecule has 1 heterocycles. The summed E-state index contributed by atoms with van der Waals surface area (Å²) in [6.07, 6.45) is 4.73. The first-order valence-electron chi connectivity index (χ1n) is 10.7. The second-order valence-electron chi connectivity index (χ2n) is 7.99. The highest BCUT2D eigenvalue weighted by atomic mass is 127. The maximum Gasteiger partial charge on any atom is 0.231 e. The molecule has 6 nitrogen and oxygen atoms in total. The fourth-order valence-corrected chi connectivity index (χ4v) is 3.86. The third-order valence-corrected chi connectivity index (χ3v) is 6.05. The van der Waals surface area contributed by atoms with Crippen LogP contribution in [0.4, 0.5) is 0 Å². The lowest BCUT2D eigenvalue weighted by Crippen LogP contribution is -2.45. The molecule has 1 aromatic carbocycles. The van der Waals surface area contributed by atoms with Gasteiger partial charge in [0.15, 0.2) is 17.5 Å².